The zero-order valence-corrected chi connectivity index (χ0v) is 16.3. The van der Waals surface area contributed by atoms with E-state index in [2.05, 4.69) is 33.2 Å². The van der Waals surface area contributed by atoms with Crippen molar-refractivity contribution in [1.29, 1.82) is 0 Å². The monoisotopic (exact) mass is 445 g/mol. The Kier molecular flexibility index (Phi) is 8.17. The van der Waals surface area contributed by atoms with Crippen molar-refractivity contribution in [3.63, 3.8) is 0 Å². The molecule has 0 bridgehead atoms. The summed E-state index contributed by atoms with van der Waals surface area (Å²) in [6.45, 7) is 5.28. The predicted molar refractivity (Wildman–Crippen MR) is 101 cm³/mol. The van der Waals surface area contributed by atoms with E-state index in [1.54, 1.807) is 0 Å². The molecule has 1 rings (SSSR count). The van der Waals surface area contributed by atoms with Gasteiger partial charge in [-0.05, 0) is 52.6 Å². The first-order valence-corrected chi connectivity index (χ1v) is 8.88. The van der Waals surface area contributed by atoms with Crippen molar-refractivity contribution in [2.45, 2.75) is 45.7 Å². The van der Waals surface area contributed by atoms with Crippen LogP contribution >= 0.6 is 22.6 Å². The lowest BCUT2D eigenvalue weighted by molar-refractivity contribution is -0.131. The van der Waals surface area contributed by atoms with Gasteiger partial charge in [-0.1, -0.05) is 26.0 Å². The van der Waals surface area contributed by atoms with Gasteiger partial charge in [0.1, 0.15) is 12.1 Å². The summed E-state index contributed by atoms with van der Waals surface area (Å²) in [5.74, 6) is -1.07. The molecule has 0 aliphatic rings. The second-order valence-electron chi connectivity index (χ2n) is 6.18. The first-order chi connectivity index (χ1) is 11.2. The Bertz CT molecular complexity index is 604. The Morgan fingerprint density at radius 1 is 1.17 bits per heavy atom. The molecule has 2 atom stereocenters. The summed E-state index contributed by atoms with van der Waals surface area (Å²) in [5, 5.41) is 5.29. The summed E-state index contributed by atoms with van der Waals surface area (Å²) < 4.78 is 1.04. The molecule has 0 radical (unpaired) electrons. The number of primary amides is 1. The molecule has 24 heavy (non-hydrogen) atoms. The van der Waals surface area contributed by atoms with E-state index in [-0.39, 0.29) is 11.8 Å². The van der Waals surface area contributed by atoms with E-state index in [0.29, 0.717) is 12.8 Å². The molecular formula is C17H24IN3O3. The number of halogens is 1. The van der Waals surface area contributed by atoms with E-state index < -0.39 is 23.9 Å². The molecule has 1 aromatic rings. The van der Waals surface area contributed by atoms with E-state index in [9.17, 15) is 14.4 Å². The Morgan fingerprint density at radius 3 is 2.33 bits per heavy atom. The van der Waals surface area contributed by atoms with Crippen LogP contribution < -0.4 is 16.4 Å². The number of hydrogen-bond acceptors (Lipinski definition) is 3. The van der Waals surface area contributed by atoms with Crippen molar-refractivity contribution in [2.75, 3.05) is 0 Å². The minimum atomic E-state index is -0.820. The minimum absolute atomic E-state index is 0.218. The number of carbonyl (C=O) groups is 3. The smallest absolute Gasteiger partial charge is 0.243 e. The number of amides is 3. The van der Waals surface area contributed by atoms with Gasteiger partial charge in [0, 0.05) is 16.9 Å². The maximum absolute atomic E-state index is 12.5. The standard InChI is InChI=1S/C17H24IN3O3/c1-10(2)7-15(20-11(3)22)17(24)21-14(16(19)23)9-12-5-4-6-13(18)8-12/h4-6,8,10,14-15H,7,9H2,1-3H3,(H2,19,23)(H,20,22)(H,21,24)/t14-,15-/m0/s1. The van der Waals surface area contributed by atoms with Crippen molar-refractivity contribution < 1.29 is 14.4 Å². The largest absolute Gasteiger partial charge is 0.368 e. The SMILES string of the molecule is CC(=O)N[C@@H](CC(C)C)C(=O)N[C@@H](Cc1cccc(I)c1)C(N)=O. The first-order valence-electron chi connectivity index (χ1n) is 7.80. The molecule has 1 aromatic carbocycles. The Labute approximate surface area is 156 Å². The van der Waals surface area contributed by atoms with Crippen LogP contribution in [0.2, 0.25) is 0 Å². The summed E-state index contributed by atoms with van der Waals surface area (Å²) in [6, 6.07) is 6.14. The van der Waals surface area contributed by atoms with Gasteiger partial charge < -0.3 is 16.4 Å². The maximum atomic E-state index is 12.5. The third kappa shape index (κ3) is 7.29. The molecule has 0 saturated carbocycles. The highest BCUT2D eigenvalue weighted by molar-refractivity contribution is 14.1. The second-order valence-corrected chi connectivity index (χ2v) is 7.43. The predicted octanol–water partition coefficient (Wildman–Crippen LogP) is 1.35. The summed E-state index contributed by atoms with van der Waals surface area (Å²) in [6.07, 6.45) is 0.798. The number of hydrogen-bond donors (Lipinski definition) is 3. The van der Waals surface area contributed by atoms with Crippen LogP contribution in [0.4, 0.5) is 0 Å². The lowest BCUT2D eigenvalue weighted by atomic mass is 10.0. The fourth-order valence-corrected chi connectivity index (χ4v) is 2.95. The average Bonchev–Trinajstić information content (AvgIpc) is 2.44. The molecule has 0 spiro atoms. The molecule has 0 aliphatic carbocycles. The van der Waals surface area contributed by atoms with Gasteiger partial charge in [-0.15, -0.1) is 0 Å². The van der Waals surface area contributed by atoms with Gasteiger partial charge in [0.15, 0.2) is 0 Å². The molecule has 4 N–H and O–H groups in total. The van der Waals surface area contributed by atoms with Gasteiger partial charge in [-0.3, -0.25) is 14.4 Å². The van der Waals surface area contributed by atoms with Crippen molar-refractivity contribution in [1.82, 2.24) is 10.6 Å². The van der Waals surface area contributed by atoms with Crippen molar-refractivity contribution >= 4 is 40.3 Å². The molecule has 0 saturated heterocycles. The van der Waals surface area contributed by atoms with E-state index in [4.69, 9.17) is 5.73 Å². The third-order valence-electron chi connectivity index (χ3n) is 3.39. The van der Waals surface area contributed by atoms with Crippen LogP contribution in [0.5, 0.6) is 0 Å². The van der Waals surface area contributed by atoms with E-state index in [1.807, 2.05) is 38.1 Å². The Hall–Kier alpha value is -1.64. The molecule has 6 nitrogen and oxygen atoms in total. The van der Waals surface area contributed by atoms with Gasteiger partial charge in [0.2, 0.25) is 17.7 Å². The lowest BCUT2D eigenvalue weighted by Crippen LogP contribution is -2.53. The minimum Gasteiger partial charge on any atom is -0.368 e. The van der Waals surface area contributed by atoms with Crippen molar-refractivity contribution in [3.8, 4) is 0 Å². The normalized spacial score (nSPS) is 13.2. The molecule has 0 aromatic heterocycles. The van der Waals surface area contributed by atoms with Crippen molar-refractivity contribution in [3.05, 3.63) is 33.4 Å². The highest BCUT2D eigenvalue weighted by Crippen LogP contribution is 2.11. The number of nitrogens with two attached hydrogens (primary N) is 1. The van der Waals surface area contributed by atoms with Crippen LogP contribution in [0, 0.1) is 9.49 Å². The number of nitrogens with one attached hydrogen (secondary N) is 2. The molecular weight excluding hydrogens is 421 g/mol. The quantitative estimate of drug-likeness (QED) is 0.527. The van der Waals surface area contributed by atoms with Crippen LogP contribution in [0.3, 0.4) is 0 Å². The number of benzene rings is 1. The highest BCUT2D eigenvalue weighted by atomic mass is 127. The van der Waals surface area contributed by atoms with Crippen LogP contribution in [0.25, 0.3) is 0 Å². The van der Waals surface area contributed by atoms with Crippen LogP contribution in [-0.4, -0.2) is 29.8 Å². The van der Waals surface area contributed by atoms with Gasteiger partial charge in [-0.25, -0.2) is 0 Å². The summed E-state index contributed by atoms with van der Waals surface area (Å²) in [7, 11) is 0. The van der Waals surface area contributed by atoms with E-state index >= 15 is 0 Å². The maximum Gasteiger partial charge on any atom is 0.243 e. The second kappa shape index (κ2) is 9.61. The van der Waals surface area contributed by atoms with Gasteiger partial charge in [0.25, 0.3) is 0 Å². The molecule has 0 fully saturated rings. The zero-order valence-electron chi connectivity index (χ0n) is 14.1. The Morgan fingerprint density at radius 2 is 1.83 bits per heavy atom. The summed E-state index contributed by atoms with van der Waals surface area (Å²) in [5.41, 5.74) is 6.34. The van der Waals surface area contributed by atoms with Crippen LogP contribution in [0.1, 0.15) is 32.8 Å². The summed E-state index contributed by atoms with van der Waals surface area (Å²) in [4.78, 5) is 35.5. The molecule has 0 heterocycles. The van der Waals surface area contributed by atoms with Gasteiger partial charge >= 0.3 is 0 Å². The zero-order chi connectivity index (χ0) is 18.3. The highest BCUT2D eigenvalue weighted by Gasteiger charge is 2.25. The van der Waals surface area contributed by atoms with Gasteiger partial charge in [-0.2, -0.15) is 0 Å². The van der Waals surface area contributed by atoms with E-state index in [1.165, 1.54) is 6.92 Å². The molecule has 7 heteroatoms. The van der Waals surface area contributed by atoms with E-state index in [0.717, 1.165) is 9.13 Å². The van der Waals surface area contributed by atoms with Crippen LogP contribution in [-0.2, 0) is 20.8 Å². The topological polar surface area (TPSA) is 101 Å². The Balaban J connectivity index is 2.83. The lowest BCUT2D eigenvalue weighted by Gasteiger charge is -2.22. The van der Waals surface area contributed by atoms with Crippen LogP contribution in [0.15, 0.2) is 24.3 Å². The fourth-order valence-electron chi connectivity index (χ4n) is 2.34. The molecule has 0 aliphatic heterocycles. The first kappa shape index (κ1) is 20.4. The fraction of sp³-hybridized carbons (Fsp3) is 0.471. The van der Waals surface area contributed by atoms with Gasteiger partial charge in [0.05, 0.1) is 0 Å². The molecule has 0 unspecified atom stereocenters. The third-order valence-corrected chi connectivity index (χ3v) is 4.06. The molecule has 132 valence electrons. The number of carbonyl (C=O) groups excluding carboxylic acids is 3. The number of rotatable bonds is 8. The molecule has 3 amide bonds. The van der Waals surface area contributed by atoms with Crippen molar-refractivity contribution in [2.24, 2.45) is 11.7 Å². The summed E-state index contributed by atoms with van der Waals surface area (Å²) >= 11 is 2.18. The average molecular weight is 445 g/mol.